The standard InChI is InChI=1S/C44H56Cl2O2Si2.C38H42Cl2O2Si/c1-9-49(10-2,11-3)47-43(31-33-44(34-32-43,38-21-25-40(46)26-22-38)48-50(12-4,13-5)14-6)37-17-15-35(16-18-37)41(7)27-29-42(8,30-28-41)36-19-23-39(45)24-20-36;1-6-43(7-2,8-3)42-38(32-15-19-34(40)20-16-32)27-25-37(41,26-28-38)31-11-9-29(10-12-31)35(4)21-23-36(5,24-22-35)30-13-17-33(39)18-14-30/h15-34H,9-14H2,1-8H3;9-28,41H,6-8H2,1-5H3. The first-order valence-corrected chi connectivity index (χ1v) is 43.1. The minimum absolute atomic E-state index is 0.180. The number of hydrogen-bond donors (Lipinski definition) is 1. The van der Waals surface area contributed by atoms with Gasteiger partial charge in [0.2, 0.25) is 0 Å². The molecule has 10 rings (SSSR count). The lowest BCUT2D eigenvalue weighted by Gasteiger charge is -2.46. The molecule has 0 spiro atoms. The summed E-state index contributed by atoms with van der Waals surface area (Å²) in [6.45, 7) is 29.5. The zero-order chi connectivity index (χ0) is 67.2. The number of hydrogen-bond acceptors (Lipinski definition) is 4. The molecule has 6 aromatic rings. The van der Waals surface area contributed by atoms with Crippen LogP contribution in [0.25, 0.3) is 0 Å². The lowest BCUT2D eigenvalue weighted by molar-refractivity contribution is 0.113. The van der Waals surface area contributed by atoms with Gasteiger partial charge < -0.3 is 18.4 Å². The Bertz CT molecular complexity index is 3670. The Hall–Kier alpha value is -5.11. The fourth-order valence-electron chi connectivity index (χ4n) is 13.9. The van der Waals surface area contributed by atoms with E-state index in [4.69, 9.17) is 59.7 Å². The summed E-state index contributed by atoms with van der Waals surface area (Å²) in [5.74, 6) is 0. The van der Waals surface area contributed by atoms with Gasteiger partial charge in [-0.3, -0.25) is 0 Å². The Morgan fingerprint density at radius 1 is 0.247 bits per heavy atom. The molecule has 4 nitrogen and oxygen atoms in total. The normalized spacial score (nSPS) is 27.3. The first-order valence-electron chi connectivity index (χ1n) is 34.0. The second-order valence-electron chi connectivity index (χ2n) is 27.2. The predicted molar refractivity (Wildman–Crippen MR) is 405 cm³/mol. The van der Waals surface area contributed by atoms with Crippen LogP contribution < -0.4 is 0 Å². The lowest BCUT2D eigenvalue weighted by atomic mass is 9.70. The van der Waals surface area contributed by atoms with E-state index in [1.54, 1.807) is 0 Å². The van der Waals surface area contributed by atoms with Gasteiger partial charge in [0, 0.05) is 41.8 Å². The van der Waals surface area contributed by atoms with Crippen LogP contribution in [0, 0.1) is 0 Å². The van der Waals surface area contributed by atoms with Crippen molar-refractivity contribution in [1.29, 1.82) is 0 Å². The number of allylic oxidation sites excluding steroid dienone is 8. The lowest BCUT2D eigenvalue weighted by Crippen LogP contribution is -2.48. The van der Waals surface area contributed by atoms with Crippen molar-refractivity contribution in [2.75, 3.05) is 0 Å². The summed E-state index contributed by atoms with van der Waals surface area (Å²) in [5.41, 5.74) is 4.74. The fraction of sp³-hybridized carbons (Fsp3) is 0.366. The summed E-state index contributed by atoms with van der Waals surface area (Å²) in [6.07, 6.45) is 35.5. The molecule has 0 saturated carbocycles. The second kappa shape index (κ2) is 28.9. The van der Waals surface area contributed by atoms with Crippen molar-refractivity contribution in [3.8, 4) is 0 Å². The molecule has 6 aromatic carbocycles. The molecule has 0 heterocycles. The SMILES string of the molecule is CC[Si](CC)(CC)OC1(c2ccc(Cl)cc2)C=CC(O)(c2ccc(C3(C)C=CC(C)(c4ccc(Cl)cc4)C=C3)cc2)C=C1.CC[Si](CC)(CC)OC1(c2ccc(Cl)cc2)C=CC(O[Si](CC)(CC)CC)(c2ccc(C3(C)C=CC(C)(c4ccc(Cl)cc4)C=C3)cc2)C=C1. The van der Waals surface area contributed by atoms with Gasteiger partial charge in [-0.05, 0) is 224 Å². The molecule has 0 bridgehead atoms. The Balaban J connectivity index is 0.000000222. The van der Waals surface area contributed by atoms with Crippen LogP contribution >= 0.6 is 46.4 Å². The van der Waals surface area contributed by atoms with Crippen LogP contribution in [0.5, 0.6) is 0 Å². The van der Waals surface area contributed by atoms with Gasteiger partial charge in [0.15, 0.2) is 25.0 Å². The van der Waals surface area contributed by atoms with E-state index in [1.807, 2.05) is 97.1 Å². The second-order valence-corrected chi connectivity index (χ2v) is 43.0. The van der Waals surface area contributed by atoms with Crippen LogP contribution in [0.1, 0.15) is 135 Å². The smallest absolute Gasteiger partial charge is 0.194 e. The zero-order valence-electron chi connectivity index (χ0n) is 57.1. The van der Waals surface area contributed by atoms with E-state index < -0.39 is 47.4 Å². The number of benzene rings is 6. The maximum absolute atomic E-state index is 11.8. The number of rotatable bonds is 23. The van der Waals surface area contributed by atoms with Crippen LogP contribution in [-0.4, -0.2) is 30.1 Å². The Kier molecular flexibility index (Phi) is 22.4. The predicted octanol–water partition coefficient (Wildman–Crippen LogP) is 24.2. The van der Waals surface area contributed by atoms with E-state index >= 15 is 0 Å². The quantitative estimate of drug-likeness (QED) is 0.0513. The molecule has 0 saturated heterocycles. The molecule has 0 amide bonds. The third-order valence-electron chi connectivity index (χ3n) is 21.8. The summed E-state index contributed by atoms with van der Waals surface area (Å²) in [4.78, 5) is 0. The average Bonchev–Trinajstić information content (AvgIpc) is 0.759. The van der Waals surface area contributed by atoms with Crippen molar-refractivity contribution >= 4 is 71.4 Å². The number of halogens is 4. The van der Waals surface area contributed by atoms with Gasteiger partial charge in [-0.25, -0.2) is 0 Å². The summed E-state index contributed by atoms with van der Waals surface area (Å²) < 4.78 is 22.0. The highest BCUT2D eigenvalue weighted by Gasteiger charge is 2.47. The maximum Gasteiger partial charge on any atom is 0.194 e. The van der Waals surface area contributed by atoms with Crippen LogP contribution in [0.2, 0.25) is 74.5 Å². The summed E-state index contributed by atoms with van der Waals surface area (Å²) in [7, 11) is -6.08. The van der Waals surface area contributed by atoms with Gasteiger partial charge in [-0.15, -0.1) is 0 Å². The molecule has 0 atom stereocenters. The van der Waals surface area contributed by atoms with Gasteiger partial charge >= 0.3 is 0 Å². The van der Waals surface area contributed by atoms with E-state index in [-0.39, 0.29) is 21.7 Å². The van der Waals surface area contributed by atoms with Gasteiger partial charge in [0.05, 0.1) is 0 Å². The Morgan fingerprint density at radius 3 is 0.613 bits per heavy atom. The molecule has 1 N–H and O–H groups in total. The molecule has 0 radical (unpaired) electrons. The third-order valence-corrected chi connectivity index (χ3v) is 36.8. The molecule has 4 aliphatic rings. The summed E-state index contributed by atoms with van der Waals surface area (Å²) in [6, 6.07) is 59.2. The maximum atomic E-state index is 11.8. The zero-order valence-corrected chi connectivity index (χ0v) is 63.2. The molecule has 0 fully saturated rings. The first kappa shape index (κ1) is 72.2. The van der Waals surface area contributed by atoms with Gasteiger partial charge in [0.25, 0.3) is 0 Å². The summed E-state index contributed by atoms with van der Waals surface area (Å²) in [5, 5.41) is 14.8. The minimum atomic E-state index is -2.06. The largest absolute Gasteiger partial charge is 0.401 e. The monoisotopic (exact) mass is 1370 g/mol. The first-order chi connectivity index (χ1) is 44.2. The van der Waals surface area contributed by atoms with Crippen LogP contribution in [0.15, 0.2) is 243 Å². The molecule has 4 aliphatic carbocycles. The number of aliphatic hydroxyl groups is 1. The van der Waals surface area contributed by atoms with E-state index in [2.05, 4.69) is 236 Å². The Labute approximate surface area is 581 Å². The van der Waals surface area contributed by atoms with E-state index in [1.165, 1.54) is 16.7 Å². The molecule has 93 heavy (non-hydrogen) atoms. The third kappa shape index (κ3) is 15.1. The van der Waals surface area contributed by atoms with Crippen molar-refractivity contribution < 1.29 is 18.4 Å². The minimum Gasteiger partial charge on any atom is -0.401 e. The van der Waals surface area contributed by atoms with Crippen LogP contribution in [-0.2, 0) is 57.3 Å². The highest BCUT2D eigenvalue weighted by Crippen LogP contribution is 2.49. The Morgan fingerprint density at radius 2 is 0.409 bits per heavy atom. The van der Waals surface area contributed by atoms with Crippen molar-refractivity contribution in [3.63, 3.8) is 0 Å². The van der Waals surface area contributed by atoms with Gasteiger partial charge in [-0.1, -0.05) is 254 Å². The molecule has 11 heteroatoms. The average molecular weight is 1370 g/mol. The highest BCUT2D eigenvalue weighted by atomic mass is 35.5. The fourth-order valence-corrected chi connectivity index (χ4v) is 23.2. The molecule has 490 valence electrons. The van der Waals surface area contributed by atoms with E-state index in [0.29, 0.717) is 5.02 Å². The molecular formula is C82H98Cl4O4Si3. The molecule has 0 aromatic heterocycles. The van der Waals surface area contributed by atoms with Gasteiger partial charge in [0.1, 0.15) is 22.4 Å². The molecular weight excluding hydrogens is 1270 g/mol. The molecule has 0 unspecified atom stereocenters. The van der Waals surface area contributed by atoms with Crippen LogP contribution in [0.3, 0.4) is 0 Å². The van der Waals surface area contributed by atoms with E-state index in [0.717, 1.165) is 97.3 Å². The molecule has 0 aliphatic heterocycles. The van der Waals surface area contributed by atoms with Crippen LogP contribution in [0.4, 0.5) is 0 Å². The van der Waals surface area contributed by atoms with Crippen molar-refractivity contribution in [1.82, 2.24) is 0 Å². The van der Waals surface area contributed by atoms with E-state index in [9.17, 15) is 5.11 Å². The highest BCUT2D eigenvalue weighted by molar-refractivity contribution is 6.74. The van der Waals surface area contributed by atoms with Crippen molar-refractivity contribution in [2.24, 2.45) is 0 Å². The summed E-state index contributed by atoms with van der Waals surface area (Å²) >= 11 is 24.9. The topological polar surface area (TPSA) is 47.9 Å². The van der Waals surface area contributed by atoms with Crippen molar-refractivity contribution in [3.05, 3.63) is 307 Å². The van der Waals surface area contributed by atoms with Gasteiger partial charge in [-0.2, -0.15) is 0 Å². The van der Waals surface area contributed by atoms with Crippen molar-refractivity contribution in [2.45, 2.75) is 188 Å².